The SMILES string of the molecule is O=Cc1c(Cc2ccccc2)[nH]c2ccc(C(=O)N3CCOCC3)cc12. The van der Waals surface area contributed by atoms with Crippen molar-refractivity contribution in [1.82, 2.24) is 9.88 Å². The molecule has 5 nitrogen and oxygen atoms in total. The summed E-state index contributed by atoms with van der Waals surface area (Å²) in [5.74, 6) is -0.0159. The number of carbonyl (C=O) groups is 2. The average Bonchev–Trinajstić information content (AvgIpc) is 3.05. The normalized spacial score (nSPS) is 14.5. The van der Waals surface area contributed by atoms with Crippen molar-refractivity contribution >= 4 is 23.1 Å². The van der Waals surface area contributed by atoms with Crippen molar-refractivity contribution in [2.24, 2.45) is 0 Å². The number of nitrogens with one attached hydrogen (secondary N) is 1. The molecule has 0 radical (unpaired) electrons. The van der Waals surface area contributed by atoms with Crippen molar-refractivity contribution in [3.05, 3.63) is 70.9 Å². The number of aldehydes is 1. The molecule has 0 unspecified atom stereocenters. The van der Waals surface area contributed by atoms with Crippen LogP contribution in [0.4, 0.5) is 0 Å². The summed E-state index contributed by atoms with van der Waals surface area (Å²) >= 11 is 0. The second-order valence-corrected chi connectivity index (χ2v) is 6.46. The Labute approximate surface area is 151 Å². The first-order valence-corrected chi connectivity index (χ1v) is 8.77. The topological polar surface area (TPSA) is 62.4 Å². The molecule has 132 valence electrons. The van der Waals surface area contributed by atoms with Gasteiger partial charge in [0, 0.05) is 47.2 Å². The molecule has 0 saturated carbocycles. The van der Waals surface area contributed by atoms with Crippen molar-refractivity contribution < 1.29 is 14.3 Å². The maximum Gasteiger partial charge on any atom is 0.254 e. The van der Waals surface area contributed by atoms with Crippen LogP contribution in [0, 0.1) is 0 Å². The number of aromatic amines is 1. The Kier molecular flexibility index (Phi) is 4.54. The number of hydrogen-bond donors (Lipinski definition) is 1. The smallest absolute Gasteiger partial charge is 0.254 e. The molecule has 1 fully saturated rings. The van der Waals surface area contributed by atoms with Crippen LogP contribution in [0.1, 0.15) is 32.0 Å². The number of H-pyrrole nitrogens is 1. The molecule has 0 spiro atoms. The van der Waals surface area contributed by atoms with Crippen molar-refractivity contribution in [3.8, 4) is 0 Å². The first-order valence-electron chi connectivity index (χ1n) is 8.77. The van der Waals surface area contributed by atoms with Gasteiger partial charge < -0.3 is 14.6 Å². The highest BCUT2D eigenvalue weighted by Crippen LogP contribution is 2.25. The zero-order valence-corrected chi connectivity index (χ0v) is 14.4. The standard InChI is InChI=1S/C21H20N2O3/c24-14-18-17-13-16(21(25)23-8-10-26-11-9-23)6-7-19(17)22-20(18)12-15-4-2-1-3-5-15/h1-7,13-14,22H,8-12H2. The fourth-order valence-corrected chi connectivity index (χ4v) is 3.42. The van der Waals surface area contributed by atoms with Crippen LogP contribution in [0.5, 0.6) is 0 Å². The number of morpholine rings is 1. The second kappa shape index (κ2) is 7.14. The summed E-state index contributed by atoms with van der Waals surface area (Å²) in [7, 11) is 0. The predicted molar refractivity (Wildman–Crippen MR) is 99.7 cm³/mol. The quantitative estimate of drug-likeness (QED) is 0.737. The molecule has 4 rings (SSSR count). The lowest BCUT2D eigenvalue weighted by Crippen LogP contribution is -2.40. The third-order valence-electron chi connectivity index (χ3n) is 4.81. The van der Waals surface area contributed by atoms with Crippen molar-refractivity contribution in [2.45, 2.75) is 6.42 Å². The van der Waals surface area contributed by atoms with E-state index in [-0.39, 0.29) is 5.91 Å². The highest BCUT2D eigenvalue weighted by atomic mass is 16.5. The number of fused-ring (bicyclic) bond motifs is 1. The summed E-state index contributed by atoms with van der Waals surface area (Å²) in [4.78, 5) is 29.6. The third-order valence-corrected chi connectivity index (χ3v) is 4.81. The molecule has 2 aromatic carbocycles. The fraction of sp³-hybridized carbons (Fsp3) is 0.238. The lowest BCUT2D eigenvalue weighted by Gasteiger charge is -2.26. The van der Waals surface area contributed by atoms with E-state index >= 15 is 0 Å². The van der Waals surface area contributed by atoms with Gasteiger partial charge in [0.1, 0.15) is 0 Å². The third kappa shape index (κ3) is 3.13. The number of ether oxygens (including phenoxy) is 1. The Balaban J connectivity index is 1.69. The largest absolute Gasteiger partial charge is 0.378 e. The predicted octanol–water partition coefficient (Wildman–Crippen LogP) is 3.04. The maximum absolute atomic E-state index is 12.7. The molecule has 1 saturated heterocycles. The minimum absolute atomic E-state index is 0.0159. The van der Waals surface area contributed by atoms with Crippen LogP contribution in [0.2, 0.25) is 0 Å². The van der Waals surface area contributed by atoms with Gasteiger partial charge in [-0.3, -0.25) is 9.59 Å². The van der Waals surface area contributed by atoms with E-state index in [4.69, 9.17) is 4.74 Å². The van der Waals surface area contributed by atoms with Gasteiger partial charge in [-0.25, -0.2) is 0 Å². The summed E-state index contributed by atoms with van der Waals surface area (Å²) in [5, 5.41) is 0.796. The number of carbonyl (C=O) groups excluding carboxylic acids is 2. The van der Waals surface area contributed by atoms with Crippen LogP contribution in [0.3, 0.4) is 0 Å². The Hall–Kier alpha value is -2.92. The monoisotopic (exact) mass is 348 g/mol. The highest BCUT2D eigenvalue weighted by Gasteiger charge is 2.20. The molecule has 1 aromatic heterocycles. The van der Waals surface area contributed by atoms with E-state index in [0.717, 1.165) is 28.4 Å². The molecule has 0 atom stereocenters. The number of aromatic nitrogens is 1. The van der Waals surface area contributed by atoms with Crippen molar-refractivity contribution in [3.63, 3.8) is 0 Å². The van der Waals surface area contributed by atoms with E-state index in [1.54, 1.807) is 4.90 Å². The van der Waals surface area contributed by atoms with E-state index in [1.807, 2.05) is 48.5 Å². The minimum Gasteiger partial charge on any atom is -0.378 e. The van der Waals surface area contributed by atoms with Gasteiger partial charge >= 0.3 is 0 Å². The van der Waals surface area contributed by atoms with Gasteiger partial charge in [0.2, 0.25) is 0 Å². The molecule has 3 aromatic rings. The Morgan fingerprint density at radius 2 is 1.88 bits per heavy atom. The van der Waals surface area contributed by atoms with Crippen LogP contribution in [0.25, 0.3) is 10.9 Å². The molecule has 2 heterocycles. The van der Waals surface area contributed by atoms with Crippen LogP contribution in [0.15, 0.2) is 48.5 Å². The number of hydrogen-bond acceptors (Lipinski definition) is 3. The summed E-state index contributed by atoms with van der Waals surface area (Å²) in [6.45, 7) is 2.34. The van der Waals surface area contributed by atoms with Crippen LogP contribution in [-0.2, 0) is 11.2 Å². The molecule has 1 aliphatic rings. The number of amides is 1. The van der Waals surface area contributed by atoms with E-state index in [1.165, 1.54) is 0 Å². The number of rotatable bonds is 4. The molecule has 1 aliphatic heterocycles. The van der Waals surface area contributed by atoms with Gasteiger partial charge in [-0.1, -0.05) is 30.3 Å². The second-order valence-electron chi connectivity index (χ2n) is 6.46. The highest BCUT2D eigenvalue weighted by molar-refractivity contribution is 6.04. The fourth-order valence-electron chi connectivity index (χ4n) is 3.42. The first kappa shape index (κ1) is 16.5. The van der Waals surface area contributed by atoms with E-state index < -0.39 is 0 Å². The molecule has 0 bridgehead atoms. The van der Waals surface area contributed by atoms with E-state index in [0.29, 0.717) is 43.9 Å². The lowest BCUT2D eigenvalue weighted by molar-refractivity contribution is 0.0303. The molecule has 5 heteroatoms. The van der Waals surface area contributed by atoms with Crippen LogP contribution in [-0.4, -0.2) is 48.4 Å². The summed E-state index contributed by atoms with van der Waals surface area (Å²) in [6.07, 6.45) is 1.52. The van der Waals surface area contributed by atoms with Gasteiger partial charge in [0.15, 0.2) is 6.29 Å². The van der Waals surface area contributed by atoms with Gasteiger partial charge in [-0.15, -0.1) is 0 Å². The molecular formula is C21H20N2O3. The Bertz CT molecular complexity index is 941. The zero-order chi connectivity index (χ0) is 17.9. The minimum atomic E-state index is -0.0159. The molecule has 1 amide bonds. The number of benzene rings is 2. The van der Waals surface area contributed by atoms with Crippen LogP contribution < -0.4 is 0 Å². The molecular weight excluding hydrogens is 328 g/mol. The summed E-state index contributed by atoms with van der Waals surface area (Å²) in [6, 6.07) is 15.5. The maximum atomic E-state index is 12.7. The van der Waals surface area contributed by atoms with Crippen molar-refractivity contribution in [2.75, 3.05) is 26.3 Å². The Morgan fingerprint density at radius 3 is 2.62 bits per heavy atom. The zero-order valence-electron chi connectivity index (χ0n) is 14.4. The van der Waals surface area contributed by atoms with Crippen molar-refractivity contribution in [1.29, 1.82) is 0 Å². The summed E-state index contributed by atoms with van der Waals surface area (Å²) in [5.41, 5.74) is 4.11. The van der Waals surface area contributed by atoms with Crippen LogP contribution >= 0.6 is 0 Å². The molecule has 26 heavy (non-hydrogen) atoms. The molecule has 0 aliphatic carbocycles. The van der Waals surface area contributed by atoms with E-state index in [9.17, 15) is 9.59 Å². The van der Waals surface area contributed by atoms with Gasteiger partial charge in [0.05, 0.1) is 13.2 Å². The van der Waals surface area contributed by atoms with Gasteiger partial charge in [-0.2, -0.15) is 0 Å². The Morgan fingerprint density at radius 1 is 1.12 bits per heavy atom. The number of nitrogens with zero attached hydrogens (tertiary/aromatic N) is 1. The average molecular weight is 348 g/mol. The molecule has 1 N–H and O–H groups in total. The summed E-state index contributed by atoms with van der Waals surface area (Å²) < 4.78 is 5.31. The van der Waals surface area contributed by atoms with Gasteiger partial charge in [-0.05, 0) is 23.8 Å². The first-order chi connectivity index (χ1) is 12.8. The van der Waals surface area contributed by atoms with E-state index in [2.05, 4.69) is 4.98 Å². The lowest BCUT2D eigenvalue weighted by atomic mass is 10.0. The van der Waals surface area contributed by atoms with Gasteiger partial charge in [0.25, 0.3) is 5.91 Å².